The van der Waals surface area contributed by atoms with Crippen molar-refractivity contribution in [2.45, 2.75) is 32.6 Å². The van der Waals surface area contributed by atoms with Crippen molar-refractivity contribution in [1.82, 2.24) is 15.5 Å². The average Bonchev–Trinajstić information content (AvgIpc) is 3.11. The van der Waals surface area contributed by atoms with Gasteiger partial charge in [-0.3, -0.25) is 4.99 Å². The molecule has 0 aromatic rings. The highest BCUT2D eigenvalue weighted by atomic mass is 16.5. The number of rotatable bonds is 9. The quantitative estimate of drug-likeness (QED) is 0.377. The molecule has 140 valence electrons. The van der Waals surface area contributed by atoms with Crippen LogP contribution in [0.25, 0.3) is 0 Å². The molecule has 0 saturated carbocycles. The number of guanidine groups is 1. The maximum absolute atomic E-state index is 5.72. The van der Waals surface area contributed by atoms with E-state index in [-0.39, 0.29) is 0 Å². The summed E-state index contributed by atoms with van der Waals surface area (Å²) in [5.41, 5.74) is 0. The van der Waals surface area contributed by atoms with Crippen LogP contribution in [0.2, 0.25) is 0 Å². The number of hydrogen-bond acceptors (Lipinski definition) is 4. The number of nitrogens with one attached hydrogen (secondary N) is 2. The number of hydrogen-bond donors (Lipinski definition) is 2. The molecule has 0 aliphatic carbocycles. The Balaban J connectivity index is 1.43. The molecule has 2 heterocycles. The van der Waals surface area contributed by atoms with Crippen molar-refractivity contribution in [3.8, 4) is 0 Å². The number of piperidine rings is 1. The summed E-state index contributed by atoms with van der Waals surface area (Å²) >= 11 is 0. The largest absolute Gasteiger partial charge is 0.381 e. The smallest absolute Gasteiger partial charge is 0.191 e. The van der Waals surface area contributed by atoms with Crippen LogP contribution in [-0.2, 0) is 9.47 Å². The topological polar surface area (TPSA) is 58.1 Å². The van der Waals surface area contributed by atoms with E-state index in [0.29, 0.717) is 5.92 Å². The van der Waals surface area contributed by atoms with Gasteiger partial charge in [0.15, 0.2) is 5.96 Å². The zero-order valence-electron chi connectivity index (χ0n) is 15.6. The minimum Gasteiger partial charge on any atom is -0.381 e. The third kappa shape index (κ3) is 7.81. The number of nitrogens with zero attached hydrogens (tertiary/aromatic N) is 2. The minimum atomic E-state index is 0.602. The molecule has 2 rings (SSSR count). The average molecular weight is 341 g/mol. The Morgan fingerprint density at radius 1 is 1.21 bits per heavy atom. The van der Waals surface area contributed by atoms with Crippen LogP contribution in [0, 0.1) is 11.8 Å². The Kier molecular flexibility index (Phi) is 9.46. The Labute approximate surface area is 147 Å². The first kappa shape index (κ1) is 19.5. The molecule has 0 bridgehead atoms. The van der Waals surface area contributed by atoms with Crippen LogP contribution in [-0.4, -0.2) is 77.1 Å². The van der Waals surface area contributed by atoms with Crippen LogP contribution >= 0.6 is 0 Å². The first-order valence-electron chi connectivity index (χ1n) is 9.60. The molecule has 2 aliphatic heterocycles. The Morgan fingerprint density at radius 3 is 2.71 bits per heavy atom. The summed E-state index contributed by atoms with van der Waals surface area (Å²) < 4.78 is 11.1. The molecule has 0 spiro atoms. The SMILES string of the molecule is CN=C(NCCCOCC1CCOC1)NCCN1CCC(C)CC1. The monoisotopic (exact) mass is 340 g/mol. The van der Waals surface area contributed by atoms with Crippen LogP contribution < -0.4 is 10.6 Å². The molecular formula is C18H36N4O2. The van der Waals surface area contributed by atoms with E-state index in [4.69, 9.17) is 9.47 Å². The molecule has 0 aromatic carbocycles. The number of aliphatic imine (C=N–C) groups is 1. The van der Waals surface area contributed by atoms with Crippen molar-refractivity contribution in [1.29, 1.82) is 0 Å². The molecule has 6 nitrogen and oxygen atoms in total. The van der Waals surface area contributed by atoms with E-state index in [1.165, 1.54) is 25.9 Å². The van der Waals surface area contributed by atoms with Gasteiger partial charge in [-0.15, -0.1) is 0 Å². The van der Waals surface area contributed by atoms with Gasteiger partial charge in [0.25, 0.3) is 0 Å². The summed E-state index contributed by atoms with van der Waals surface area (Å²) in [7, 11) is 1.83. The zero-order valence-corrected chi connectivity index (χ0v) is 15.6. The highest BCUT2D eigenvalue weighted by molar-refractivity contribution is 5.79. The van der Waals surface area contributed by atoms with Crippen LogP contribution in [0.4, 0.5) is 0 Å². The van der Waals surface area contributed by atoms with Gasteiger partial charge in [0, 0.05) is 45.8 Å². The van der Waals surface area contributed by atoms with E-state index in [9.17, 15) is 0 Å². The summed E-state index contributed by atoms with van der Waals surface area (Å²) in [6.07, 6.45) is 4.81. The van der Waals surface area contributed by atoms with Gasteiger partial charge in [-0.1, -0.05) is 6.92 Å². The van der Waals surface area contributed by atoms with Gasteiger partial charge in [0.1, 0.15) is 0 Å². The van der Waals surface area contributed by atoms with E-state index >= 15 is 0 Å². The van der Waals surface area contributed by atoms with Gasteiger partial charge in [0.2, 0.25) is 0 Å². The molecule has 2 fully saturated rings. The van der Waals surface area contributed by atoms with Crippen molar-refractivity contribution in [3.05, 3.63) is 0 Å². The second-order valence-corrected chi connectivity index (χ2v) is 7.11. The third-order valence-electron chi connectivity index (χ3n) is 4.96. The lowest BCUT2D eigenvalue weighted by atomic mass is 9.99. The number of likely N-dealkylation sites (tertiary alicyclic amines) is 1. The maximum atomic E-state index is 5.72. The van der Waals surface area contributed by atoms with Crippen LogP contribution in [0.1, 0.15) is 32.6 Å². The molecule has 2 N–H and O–H groups in total. The zero-order chi connectivity index (χ0) is 17.0. The fraction of sp³-hybridized carbons (Fsp3) is 0.944. The summed E-state index contributed by atoms with van der Waals surface area (Å²) in [5.74, 6) is 2.39. The van der Waals surface area contributed by atoms with Gasteiger partial charge in [0.05, 0.1) is 13.2 Å². The van der Waals surface area contributed by atoms with Gasteiger partial charge < -0.3 is 25.0 Å². The molecule has 2 saturated heterocycles. The normalized spacial score (nSPS) is 23.6. The fourth-order valence-electron chi connectivity index (χ4n) is 3.18. The third-order valence-corrected chi connectivity index (χ3v) is 4.96. The lowest BCUT2D eigenvalue weighted by molar-refractivity contribution is 0.0888. The molecule has 6 heteroatoms. The van der Waals surface area contributed by atoms with E-state index in [0.717, 1.165) is 70.8 Å². The Bertz CT molecular complexity index is 351. The van der Waals surface area contributed by atoms with Gasteiger partial charge in [-0.2, -0.15) is 0 Å². The summed E-state index contributed by atoms with van der Waals surface area (Å²) in [5, 5.41) is 6.76. The lowest BCUT2D eigenvalue weighted by Gasteiger charge is -2.30. The second-order valence-electron chi connectivity index (χ2n) is 7.11. The van der Waals surface area contributed by atoms with Crippen LogP contribution in [0.3, 0.4) is 0 Å². The first-order valence-corrected chi connectivity index (χ1v) is 9.60. The van der Waals surface area contributed by atoms with Crippen LogP contribution in [0.15, 0.2) is 4.99 Å². The Hall–Kier alpha value is -0.850. The molecule has 1 unspecified atom stereocenters. The molecule has 2 aliphatic rings. The standard InChI is InChI=1S/C18H36N4O2/c1-16-4-9-22(10-5-16)11-8-21-18(19-2)20-7-3-12-23-14-17-6-13-24-15-17/h16-17H,3-15H2,1-2H3,(H2,19,20,21). The van der Waals surface area contributed by atoms with Crippen molar-refractivity contribution in [2.75, 3.05) is 66.2 Å². The maximum Gasteiger partial charge on any atom is 0.191 e. The molecular weight excluding hydrogens is 304 g/mol. The first-order chi connectivity index (χ1) is 11.8. The molecule has 0 radical (unpaired) electrons. The molecule has 24 heavy (non-hydrogen) atoms. The lowest BCUT2D eigenvalue weighted by Crippen LogP contribution is -2.43. The molecule has 1 atom stereocenters. The van der Waals surface area contributed by atoms with E-state index in [2.05, 4.69) is 27.4 Å². The summed E-state index contributed by atoms with van der Waals surface area (Å²) in [4.78, 5) is 6.82. The summed E-state index contributed by atoms with van der Waals surface area (Å²) in [6, 6.07) is 0. The van der Waals surface area contributed by atoms with Gasteiger partial charge in [-0.05, 0) is 44.7 Å². The summed E-state index contributed by atoms with van der Waals surface area (Å²) in [6.45, 7) is 11.2. The van der Waals surface area contributed by atoms with Crippen molar-refractivity contribution in [2.24, 2.45) is 16.8 Å². The highest BCUT2D eigenvalue weighted by Gasteiger charge is 2.15. The van der Waals surface area contributed by atoms with Crippen molar-refractivity contribution in [3.63, 3.8) is 0 Å². The van der Waals surface area contributed by atoms with E-state index in [1.54, 1.807) is 0 Å². The number of ether oxygens (including phenoxy) is 2. The molecule has 0 amide bonds. The highest BCUT2D eigenvalue weighted by Crippen LogP contribution is 2.15. The van der Waals surface area contributed by atoms with Gasteiger partial charge >= 0.3 is 0 Å². The van der Waals surface area contributed by atoms with Crippen molar-refractivity contribution >= 4 is 5.96 Å². The predicted octanol–water partition coefficient (Wildman–Crippen LogP) is 1.33. The Morgan fingerprint density at radius 2 is 2.00 bits per heavy atom. The molecule has 0 aromatic heterocycles. The van der Waals surface area contributed by atoms with Crippen LogP contribution in [0.5, 0.6) is 0 Å². The van der Waals surface area contributed by atoms with E-state index < -0.39 is 0 Å². The minimum absolute atomic E-state index is 0.602. The fourth-order valence-corrected chi connectivity index (χ4v) is 3.18. The second kappa shape index (κ2) is 11.7. The predicted molar refractivity (Wildman–Crippen MR) is 98.6 cm³/mol. The van der Waals surface area contributed by atoms with E-state index in [1.807, 2.05) is 7.05 Å². The van der Waals surface area contributed by atoms with Gasteiger partial charge in [-0.25, -0.2) is 0 Å². The van der Waals surface area contributed by atoms with Crippen molar-refractivity contribution < 1.29 is 9.47 Å².